The van der Waals surface area contributed by atoms with Gasteiger partial charge in [0.15, 0.2) is 5.78 Å². The van der Waals surface area contributed by atoms with Gasteiger partial charge in [0.05, 0.1) is 17.6 Å². The third-order valence-electron chi connectivity index (χ3n) is 4.15. The molecule has 0 atom stereocenters. The van der Waals surface area contributed by atoms with Crippen LogP contribution in [-0.4, -0.2) is 33.3 Å². The highest BCUT2D eigenvalue weighted by Crippen LogP contribution is 2.32. The summed E-state index contributed by atoms with van der Waals surface area (Å²) < 4.78 is 0. The highest BCUT2D eigenvalue weighted by atomic mass is 16.3. The SMILES string of the molecule is CC(=O)NC1=C(c2nc3ccccc3[nH]2)C(=O)CN1c1cccc(O)c1. The number of phenolic OH excluding ortho intramolecular Hbond substituents is 1. The Labute approximate surface area is 149 Å². The van der Waals surface area contributed by atoms with E-state index in [1.54, 1.807) is 23.1 Å². The molecule has 0 bridgehead atoms. The topological polar surface area (TPSA) is 98.3 Å². The van der Waals surface area contributed by atoms with E-state index in [0.717, 1.165) is 11.0 Å². The summed E-state index contributed by atoms with van der Waals surface area (Å²) in [5.41, 5.74) is 2.47. The number of fused-ring (bicyclic) bond motifs is 1. The van der Waals surface area contributed by atoms with Gasteiger partial charge < -0.3 is 20.3 Å². The number of carbonyl (C=O) groups is 2. The monoisotopic (exact) mass is 348 g/mol. The molecule has 0 unspecified atom stereocenters. The number of rotatable bonds is 3. The summed E-state index contributed by atoms with van der Waals surface area (Å²) >= 11 is 0. The number of nitrogens with one attached hydrogen (secondary N) is 2. The summed E-state index contributed by atoms with van der Waals surface area (Å²) in [7, 11) is 0. The summed E-state index contributed by atoms with van der Waals surface area (Å²) in [6, 6.07) is 14.0. The van der Waals surface area contributed by atoms with E-state index in [2.05, 4.69) is 15.3 Å². The second-order valence-corrected chi connectivity index (χ2v) is 6.04. The average molecular weight is 348 g/mol. The van der Waals surface area contributed by atoms with Crippen molar-refractivity contribution in [3.8, 4) is 5.75 Å². The minimum atomic E-state index is -0.298. The van der Waals surface area contributed by atoms with Gasteiger partial charge in [-0.3, -0.25) is 9.59 Å². The zero-order chi connectivity index (χ0) is 18.3. The Morgan fingerprint density at radius 3 is 2.77 bits per heavy atom. The molecule has 130 valence electrons. The smallest absolute Gasteiger partial charge is 0.222 e. The van der Waals surface area contributed by atoms with E-state index in [4.69, 9.17) is 0 Å². The van der Waals surface area contributed by atoms with Crippen LogP contribution in [0.2, 0.25) is 0 Å². The fraction of sp³-hybridized carbons (Fsp3) is 0.105. The van der Waals surface area contributed by atoms with E-state index < -0.39 is 0 Å². The van der Waals surface area contributed by atoms with Crippen LogP contribution < -0.4 is 10.2 Å². The Kier molecular flexibility index (Phi) is 3.69. The second-order valence-electron chi connectivity index (χ2n) is 6.04. The molecule has 4 rings (SSSR count). The molecule has 7 nitrogen and oxygen atoms in total. The van der Waals surface area contributed by atoms with Crippen molar-refractivity contribution in [3.05, 3.63) is 60.2 Å². The average Bonchev–Trinajstić information content (AvgIpc) is 3.15. The standard InChI is InChI=1S/C19H16N4O3/c1-11(24)20-19-17(18-21-14-7-2-3-8-15(14)22-18)16(26)10-23(19)12-5-4-6-13(25)9-12/h2-9,25H,10H2,1H3,(H,20,24)(H,21,22). The molecular weight excluding hydrogens is 332 g/mol. The van der Waals surface area contributed by atoms with Crippen LogP contribution in [-0.2, 0) is 9.59 Å². The maximum Gasteiger partial charge on any atom is 0.222 e. The van der Waals surface area contributed by atoms with Gasteiger partial charge in [0.1, 0.15) is 23.0 Å². The number of amides is 1. The van der Waals surface area contributed by atoms with Crippen LogP contribution in [0.15, 0.2) is 54.4 Å². The molecular formula is C19H16N4O3. The third-order valence-corrected chi connectivity index (χ3v) is 4.15. The van der Waals surface area contributed by atoms with Crippen molar-refractivity contribution in [2.24, 2.45) is 0 Å². The summed E-state index contributed by atoms with van der Waals surface area (Å²) in [5.74, 6) is 0.369. The first-order valence-electron chi connectivity index (χ1n) is 8.09. The molecule has 26 heavy (non-hydrogen) atoms. The first-order chi connectivity index (χ1) is 12.5. The Morgan fingerprint density at radius 1 is 1.23 bits per heavy atom. The molecule has 0 saturated heterocycles. The van der Waals surface area contributed by atoms with Crippen molar-refractivity contribution >= 4 is 34.0 Å². The first kappa shape index (κ1) is 15.9. The van der Waals surface area contributed by atoms with Crippen molar-refractivity contribution in [1.82, 2.24) is 15.3 Å². The summed E-state index contributed by atoms with van der Waals surface area (Å²) in [4.78, 5) is 33.8. The number of aromatic hydroxyl groups is 1. The molecule has 7 heteroatoms. The number of aromatic amines is 1. The number of aromatic nitrogens is 2. The van der Waals surface area contributed by atoms with E-state index >= 15 is 0 Å². The maximum absolute atomic E-state index is 12.7. The van der Waals surface area contributed by atoms with E-state index in [1.807, 2.05) is 24.3 Å². The van der Waals surface area contributed by atoms with Crippen molar-refractivity contribution in [2.45, 2.75) is 6.92 Å². The normalized spacial score (nSPS) is 14.3. The van der Waals surface area contributed by atoms with E-state index in [1.165, 1.54) is 13.0 Å². The first-order valence-corrected chi connectivity index (χ1v) is 8.09. The Morgan fingerprint density at radius 2 is 2.04 bits per heavy atom. The van der Waals surface area contributed by atoms with Gasteiger partial charge in [0.25, 0.3) is 0 Å². The number of H-pyrrole nitrogens is 1. The van der Waals surface area contributed by atoms with E-state index in [0.29, 0.717) is 22.9 Å². The molecule has 1 amide bonds. The van der Waals surface area contributed by atoms with Gasteiger partial charge in [-0.05, 0) is 24.3 Å². The summed E-state index contributed by atoms with van der Waals surface area (Å²) in [6.45, 7) is 1.43. The number of ketones is 1. The number of para-hydroxylation sites is 2. The zero-order valence-electron chi connectivity index (χ0n) is 14.0. The molecule has 3 aromatic rings. The highest BCUT2D eigenvalue weighted by molar-refractivity contribution is 6.26. The summed E-state index contributed by atoms with van der Waals surface area (Å²) in [6.07, 6.45) is 0. The van der Waals surface area contributed by atoms with Gasteiger partial charge in [0.2, 0.25) is 5.91 Å². The van der Waals surface area contributed by atoms with Crippen LogP contribution >= 0.6 is 0 Å². The van der Waals surface area contributed by atoms with Gasteiger partial charge in [-0.25, -0.2) is 4.98 Å². The van der Waals surface area contributed by atoms with Crippen molar-refractivity contribution in [2.75, 3.05) is 11.4 Å². The fourth-order valence-electron chi connectivity index (χ4n) is 3.06. The zero-order valence-corrected chi connectivity index (χ0v) is 14.0. The number of anilines is 1. The van der Waals surface area contributed by atoms with Crippen LogP contribution in [0, 0.1) is 0 Å². The number of phenols is 1. The minimum absolute atomic E-state index is 0.0471. The fourth-order valence-corrected chi connectivity index (χ4v) is 3.06. The van der Waals surface area contributed by atoms with Crippen molar-refractivity contribution < 1.29 is 14.7 Å². The quantitative estimate of drug-likeness (QED) is 0.674. The molecule has 0 fully saturated rings. The number of imidazole rings is 1. The number of benzene rings is 2. The van der Waals surface area contributed by atoms with Crippen LogP contribution in [0.3, 0.4) is 0 Å². The van der Waals surface area contributed by atoms with Gasteiger partial charge in [0, 0.05) is 18.7 Å². The number of Topliss-reactive ketones (excluding diaryl/α,β-unsaturated/α-hetero) is 1. The van der Waals surface area contributed by atoms with Crippen LogP contribution in [0.1, 0.15) is 12.7 Å². The molecule has 0 radical (unpaired) electrons. The molecule has 1 aliphatic rings. The van der Waals surface area contributed by atoms with Crippen LogP contribution in [0.5, 0.6) is 5.75 Å². The largest absolute Gasteiger partial charge is 0.508 e. The molecule has 1 aromatic heterocycles. The predicted octanol–water partition coefficient (Wildman–Crippen LogP) is 2.16. The number of carbonyl (C=O) groups excluding carboxylic acids is 2. The van der Waals surface area contributed by atoms with E-state index in [9.17, 15) is 14.7 Å². The highest BCUT2D eigenvalue weighted by Gasteiger charge is 2.34. The van der Waals surface area contributed by atoms with Gasteiger partial charge in [-0.15, -0.1) is 0 Å². The molecule has 0 saturated carbocycles. The molecule has 0 spiro atoms. The van der Waals surface area contributed by atoms with E-state index in [-0.39, 0.29) is 24.0 Å². The Balaban J connectivity index is 1.88. The minimum Gasteiger partial charge on any atom is -0.508 e. The number of nitrogens with zero attached hydrogens (tertiary/aromatic N) is 2. The van der Waals surface area contributed by atoms with Crippen molar-refractivity contribution in [1.29, 1.82) is 0 Å². The van der Waals surface area contributed by atoms with Crippen LogP contribution in [0.4, 0.5) is 5.69 Å². The lowest BCUT2D eigenvalue weighted by Crippen LogP contribution is -2.32. The molecule has 2 aromatic carbocycles. The van der Waals surface area contributed by atoms with Crippen molar-refractivity contribution in [3.63, 3.8) is 0 Å². The number of hydrogen-bond acceptors (Lipinski definition) is 5. The molecule has 2 heterocycles. The maximum atomic E-state index is 12.7. The lowest BCUT2D eigenvalue weighted by atomic mass is 10.2. The van der Waals surface area contributed by atoms with Gasteiger partial charge >= 0.3 is 0 Å². The second kappa shape index (κ2) is 6.03. The lowest BCUT2D eigenvalue weighted by molar-refractivity contribution is -0.118. The Bertz CT molecular complexity index is 1030. The van der Waals surface area contributed by atoms with Gasteiger partial charge in [-0.2, -0.15) is 0 Å². The molecule has 3 N–H and O–H groups in total. The molecule has 1 aliphatic heterocycles. The predicted molar refractivity (Wildman–Crippen MR) is 97.3 cm³/mol. The Hall–Kier alpha value is -3.61. The summed E-state index contributed by atoms with van der Waals surface area (Å²) in [5, 5.41) is 12.5. The lowest BCUT2D eigenvalue weighted by Gasteiger charge is -2.21. The molecule has 0 aliphatic carbocycles. The number of hydrogen-bond donors (Lipinski definition) is 3. The third kappa shape index (κ3) is 2.69. The van der Waals surface area contributed by atoms with Gasteiger partial charge in [-0.1, -0.05) is 18.2 Å². The van der Waals surface area contributed by atoms with Crippen LogP contribution in [0.25, 0.3) is 16.6 Å².